The second-order valence-electron chi connectivity index (χ2n) is 4.92. The van der Waals surface area contributed by atoms with Gasteiger partial charge in [0.2, 0.25) is 0 Å². The molecule has 1 rings (SSSR count). The van der Waals surface area contributed by atoms with E-state index in [1.54, 1.807) is 0 Å². The van der Waals surface area contributed by atoms with Crippen molar-refractivity contribution in [1.82, 2.24) is 5.32 Å². The van der Waals surface area contributed by atoms with Crippen LogP contribution < -0.4 is 10.1 Å². The molecule has 3 heteroatoms. The van der Waals surface area contributed by atoms with E-state index in [1.165, 1.54) is 5.56 Å². The van der Waals surface area contributed by atoms with E-state index in [-0.39, 0.29) is 5.54 Å². The van der Waals surface area contributed by atoms with E-state index in [0.717, 1.165) is 23.2 Å². The highest BCUT2D eigenvalue weighted by Crippen LogP contribution is 2.22. The first kappa shape index (κ1) is 14.5. The minimum atomic E-state index is 0.190. The highest BCUT2D eigenvalue weighted by Gasteiger charge is 2.12. The molecule has 0 saturated carbocycles. The Labute approximate surface area is 113 Å². The Bertz CT molecular complexity index is 363. The van der Waals surface area contributed by atoms with E-state index in [0.29, 0.717) is 6.61 Å². The minimum Gasteiger partial charge on any atom is -0.492 e. The number of benzene rings is 1. The zero-order chi connectivity index (χ0) is 12.9. The zero-order valence-electron chi connectivity index (χ0n) is 11.1. The van der Waals surface area contributed by atoms with Crippen molar-refractivity contribution in [2.75, 3.05) is 13.2 Å². The number of aryl methyl sites for hydroxylation is 1. The molecule has 0 aliphatic heterocycles. The molecular formula is C14H22BrNO. The van der Waals surface area contributed by atoms with Gasteiger partial charge < -0.3 is 10.1 Å². The van der Waals surface area contributed by atoms with Gasteiger partial charge in [-0.15, -0.1) is 0 Å². The Morgan fingerprint density at radius 1 is 1.35 bits per heavy atom. The monoisotopic (exact) mass is 299 g/mol. The van der Waals surface area contributed by atoms with Crippen molar-refractivity contribution in [3.05, 3.63) is 28.2 Å². The van der Waals surface area contributed by atoms with Crippen molar-refractivity contribution in [2.24, 2.45) is 0 Å². The molecule has 1 aromatic carbocycles. The molecule has 0 spiro atoms. The lowest BCUT2D eigenvalue weighted by Gasteiger charge is -2.24. The smallest absolute Gasteiger partial charge is 0.123 e. The van der Waals surface area contributed by atoms with Gasteiger partial charge >= 0.3 is 0 Å². The normalized spacial score (nSPS) is 11.6. The summed E-state index contributed by atoms with van der Waals surface area (Å²) in [6, 6.07) is 6.10. The quantitative estimate of drug-likeness (QED) is 0.804. The third kappa shape index (κ3) is 5.09. The van der Waals surface area contributed by atoms with E-state index in [2.05, 4.69) is 55.0 Å². The van der Waals surface area contributed by atoms with Gasteiger partial charge in [-0.25, -0.2) is 0 Å². The average Bonchev–Trinajstić information content (AvgIpc) is 2.29. The molecule has 0 heterocycles. The maximum atomic E-state index is 5.77. The van der Waals surface area contributed by atoms with Crippen molar-refractivity contribution < 1.29 is 4.74 Å². The van der Waals surface area contributed by atoms with Gasteiger partial charge in [-0.05, 0) is 44.9 Å². The maximum Gasteiger partial charge on any atom is 0.123 e. The molecule has 17 heavy (non-hydrogen) atoms. The molecule has 0 aliphatic rings. The van der Waals surface area contributed by atoms with Crippen molar-refractivity contribution in [1.29, 1.82) is 0 Å². The molecule has 96 valence electrons. The van der Waals surface area contributed by atoms with Crippen LogP contribution in [0.1, 0.15) is 32.8 Å². The summed E-state index contributed by atoms with van der Waals surface area (Å²) in [6.45, 7) is 10.2. The zero-order valence-corrected chi connectivity index (χ0v) is 12.7. The molecule has 0 amide bonds. The van der Waals surface area contributed by atoms with Gasteiger partial charge in [-0.1, -0.05) is 28.9 Å². The summed E-state index contributed by atoms with van der Waals surface area (Å²) in [5.74, 6) is 0.954. The number of hydrogen-bond donors (Lipinski definition) is 1. The van der Waals surface area contributed by atoms with Crippen LogP contribution in [0.4, 0.5) is 0 Å². The van der Waals surface area contributed by atoms with Crippen molar-refractivity contribution in [3.8, 4) is 5.75 Å². The number of hydrogen-bond acceptors (Lipinski definition) is 2. The summed E-state index contributed by atoms with van der Waals surface area (Å²) in [6.07, 6.45) is 1.11. The van der Waals surface area contributed by atoms with E-state index in [4.69, 9.17) is 4.74 Å². The van der Waals surface area contributed by atoms with Gasteiger partial charge in [0.05, 0.1) is 0 Å². The SMILES string of the molecule is CCC(C)(C)NCCOc1cc(Br)ccc1C. The summed E-state index contributed by atoms with van der Waals surface area (Å²) in [7, 11) is 0. The third-order valence-electron chi connectivity index (χ3n) is 3.00. The van der Waals surface area contributed by atoms with Crippen LogP contribution in [0.25, 0.3) is 0 Å². The Morgan fingerprint density at radius 3 is 2.71 bits per heavy atom. The van der Waals surface area contributed by atoms with Crippen LogP contribution >= 0.6 is 15.9 Å². The lowest BCUT2D eigenvalue weighted by Crippen LogP contribution is -2.40. The first-order valence-corrected chi connectivity index (χ1v) is 6.88. The van der Waals surface area contributed by atoms with Gasteiger partial charge in [0.1, 0.15) is 12.4 Å². The van der Waals surface area contributed by atoms with Crippen molar-refractivity contribution >= 4 is 15.9 Å². The molecule has 2 nitrogen and oxygen atoms in total. The topological polar surface area (TPSA) is 21.3 Å². The Morgan fingerprint density at radius 2 is 2.06 bits per heavy atom. The standard InChI is InChI=1S/C14H22BrNO/c1-5-14(3,4)16-8-9-17-13-10-12(15)7-6-11(13)2/h6-7,10,16H,5,8-9H2,1-4H3. The Balaban J connectivity index is 2.38. The molecule has 1 N–H and O–H groups in total. The second-order valence-corrected chi connectivity index (χ2v) is 5.84. The summed E-state index contributed by atoms with van der Waals surface area (Å²) < 4.78 is 6.82. The average molecular weight is 300 g/mol. The third-order valence-corrected chi connectivity index (χ3v) is 3.49. The van der Waals surface area contributed by atoms with Gasteiger partial charge in [0.15, 0.2) is 0 Å². The Hall–Kier alpha value is -0.540. The van der Waals surface area contributed by atoms with Gasteiger partial charge in [-0.3, -0.25) is 0 Å². The molecule has 0 unspecified atom stereocenters. The molecular weight excluding hydrogens is 278 g/mol. The molecule has 0 bridgehead atoms. The summed E-state index contributed by atoms with van der Waals surface area (Å²) in [4.78, 5) is 0. The molecule has 0 aromatic heterocycles. The molecule has 0 aliphatic carbocycles. The van der Waals surface area contributed by atoms with Crippen LogP contribution in [-0.2, 0) is 0 Å². The van der Waals surface area contributed by atoms with Gasteiger partial charge in [0.25, 0.3) is 0 Å². The number of ether oxygens (including phenoxy) is 1. The highest BCUT2D eigenvalue weighted by atomic mass is 79.9. The van der Waals surface area contributed by atoms with Gasteiger partial charge in [-0.2, -0.15) is 0 Å². The largest absolute Gasteiger partial charge is 0.492 e. The summed E-state index contributed by atoms with van der Waals surface area (Å²) in [5, 5.41) is 3.48. The fourth-order valence-corrected chi connectivity index (χ4v) is 1.74. The number of rotatable bonds is 6. The molecule has 0 radical (unpaired) electrons. The van der Waals surface area contributed by atoms with E-state index in [9.17, 15) is 0 Å². The first-order valence-electron chi connectivity index (χ1n) is 6.08. The fourth-order valence-electron chi connectivity index (χ4n) is 1.40. The minimum absolute atomic E-state index is 0.190. The van der Waals surface area contributed by atoms with Crippen LogP contribution in [0, 0.1) is 6.92 Å². The molecule has 0 atom stereocenters. The van der Waals surface area contributed by atoms with Crippen LogP contribution in [0.2, 0.25) is 0 Å². The van der Waals surface area contributed by atoms with Crippen LogP contribution in [0.15, 0.2) is 22.7 Å². The predicted molar refractivity (Wildman–Crippen MR) is 76.7 cm³/mol. The van der Waals surface area contributed by atoms with E-state index in [1.807, 2.05) is 12.1 Å². The maximum absolute atomic E-state index is 5.77. The number of nitrogens with one attached hydrogen (secondary N) is 1. The van der Waals surface area contributed by atoms with E-state index >= 15 is 0 Å². The van der Waals surface area contributed by atoms with Crippen molar-refractivity contribution in [3.63, 3.8) is 0 Å². The van der Waals surface area contributed by atoms with Crippen molar-refractivity contribution in [2.45, 2.75) is 39.7 Å². The highest BCUT2D eigenvalue weighted by molar-refractivity contribution is 9.10. The lowest BCUT2D eigenvalue weighted by atomic mass is 10.0. The van der Waals surface area contributed by atoms with Crippen LogP contribution in [0.3, 0.4) is 0 Å². The second kappa shape index (κ2) is 6.41. The molecule has 0 saturated heterocycles. The number of halogens is 1. The summed E-state index contributed by atoms with van der Waals surface area (Å²) >= 11 is 3.45. The summed E-state index contributed by atoms with van der Waals surface area (Å²) in [5.41, 5.74) is 1.36. The molecule has 0 fully saturated rings. The fraction of sp³-hybridized carbons (Fsp3) is 0.571. The van der Waals surface area contributed by atoms with Crippen LogP contribution in [-0.4, -0.2) is 18.7 Å². The predicted octanol–water partition coefficient (Wildman–Crippen LogP) is 3.91. The first-order chi connectivity index (χ1) is 7.94. The Kier molecular flexibility index (Phi) is 5.47. The molecule has 1 aromatic rings. The lowest BCUT2D eigenvalue weighted by molar-refractivity contribution is 0.279. The van der Waals surface area contributed by atoms with E-state index < -0.39 is 0 Å². The van der Waals surface area contributed by atoms with Gasteiger partial charge in [0, 0.05) is 16.6 Å². The van der Waals surface area contributed by atoms with Crippen LogP contribution in [0.5, 0.6) is 5.75 Å².